The van der Waals surface area contributed by atoms with Crippen molar-refractivity contribution in [2.24, 2.45) is 10.1 Å². The first kappa shape index (κ1) is 19.6. The van der Waals surface area contributed by atoms with Crippen LogP contribution < -0.4 is 4.80 Å². The van der Waals surface area contributed by atoms with Crippen LogP contribution in [0.4, 0.5) is 10.1 Å². The number of benzene rings is 2. The van der Waals surface area contributed by atoms with E-state index in [4.69, 9.17) is 0 Å². The molecule has 152 valence electrons. The second kappa shape index (κ2) is 8.41. The highest BCUT2D eigenvalue weighted by molar-refractivity contribution is 9.10. The van der Waals surface area contributed by atoms with Gasteiger partial charge in [-0.25, -0.2) is 14.1 Å². The lowest BCUT2D eigenvalue weighted by Crippen LogP contribution is -2.12. The highest BCUT2D eigenvalue weighted by Crippen LogP contribution is 2.25. The molecule has 0 fully saturated rings. The second-order valence-electron chi connectivity index (χ2n) is 6.70. The molecular formula is C23H15BrFN5S. The number of aromatic amines is 1. The Balaban J connectivity index is 1.67. The van der Waals surface area contributed by atoms with Crippen LogP contribution in [0.15, 0.2) is 93.1 Å². The number of fused-ring (bicyclic) bond motifs is 1. The van der Waals surface area contributed by atoms with E-state index < -0.39 is 0 Å². The number of pyridine rings is 1. The summed E-state index contributed by atoms with van der Waals surface area (Å²) >= 11 is 4.91. The van der Waals surface area contributed by atoms with Gasteiger partial charge in [0.25, 0.3) is 0 Å². The topological polar surface area (TPSA) is 58.3 Å². The van der Waals surface area contributed by atoms with Gasteiger partial charge in [-0.15, -0.1) is 11.3 Å². The second-order valence-corrected chi connectivity index (χ2v) is 8.45. The molecule has 0 aliphatic rings. The van der Waals surface area contributed by atoms with E-state index in [2.05, 4.69) is 36.0 Å². The number of hydrogen-bond acceptors (Lipinski definition) is 4. The van der Waals surface area contributed by atoms with Gasteiger partial charge in [0.15, 0.2) is 0 Å². The molecule has 0 spiro atoms. The third kappa shape index (κ3) is 3.99. The van der Waals surface area contributed by atoms with E-state index in [-0.39, 0.29) is 5.82 Å². The van der Waals surface area contributed by atoms with Crippen molar-refractivity contribution in [3.05, 3.63) is 99.2 Å². The highest BCUT2D eigenvalue weighted by Gasteiger charge is 2.12. The van der Waals surface area contributed by atoms with Crippen LogP contribution in [-0.2, 0) is 0 Å². The van der Waals surface area contributed by atoms with Crippen molar-refractivity contribution in [1.82, 2.24) is 14.6 Å². The molecule has 5 rings (SSSR count). The maximum atomic E-state index is 14.5. The fourth-order valence-electron chi connectivity index (χ4n) is 3.21. The molecule has 0 bridgehead atoms. The molecule has 2 aromatic carbocycles. The molecule has 1 N–H and O–H groups in total. The number of H-pyrrole nitrogens is 1. The van der Waals surface area contributed by atoms with Crippen molar-refractivity contribution in [3.63, 3.8) is 0 Å². The minimum atomic E-state index is -0.312. The molecule has 0 saturated carbocycles. The van der Waals surface area contributed by atoms with Crippen molar-refractivity contribution in [2.45, 2.75) is 0 Å². The van der Waals surface area contributed by atoms with Crippen LogP contribution in [0.2, 0.25) is 0 Å². The van der Waals surface area contributed by atoms with Gasteiger partial charge in [0.05, 0.1) is 23.8 Å². The Bertz CT molecular complexity index is 1470. The summed E-state index contributed by atoms with van der Waals surface area (Å²) in [5.41, 5.74) is 3.72. The van der Waals surface area contributed by atoms with E-state index in [1.807, 2.05) is 41.9 Å². The smallest absolute Gasteiger partial charge is 0.211 e. The van der Waals surface area contributed by atoms with Crippen LogP contribution in [-0.4, -0.2) is 20.9 Å². The third-order valence-corrected chi connectivity index (χ3v) is 6.00. The van der Waals surface area contributed by atoms with E-state index in [1.54, 1.807) is 41.5 Å². The maximum Gasteiger partial charge on any atom is 0.211 e. The standard InChI is InChI=1S/C23H15BrFN5S/c24-16-7-8-21-19(10-16)15(11-27-21)12-28-30-22(18-5-1-2-6-20(18)25)14-31-23(30)29-17-4-3-9-26-13-17/h1-14,27H. The van der Waals surface area contributed by atoms with Crippen LogP contribution in [0.3, 0.4) is 0 Å². The number of hydrogen-bond donors (Lipinski definition) is 1. The summed E-state index contributed by atoms with van der Waals surface area (Å²) in [7, 11) is 0. The van der Waals surface area contributed by atoms with Gasteiger partial charge in [0.1, 0.15) is 5.82 Å². The number of rotatable bonds is 4. The minimum absolute atomic E-state index is 0.312. The van der Waals surface area contributed by atoms with Gasteiger partial charge in [-0.1, -0.05) is 28.1 Å². The summed E-state index contributed by atoms with van der Waals surface area (Å²) in [6, 6.07) is 16.3. The number of nitrogens with zero attached hydrogens (tertiary/aromatic N) is 4. The number of halogens is 2. The van der Waals surface area contributed by atoms with Gasteiger partial charge in [-0.3, -0.25) is 4.98 Å². The predicted octanol–water partition coefficient (Wildman–Crippen LogP) is 6.11. The van der Waals surface area contributed by atoms with Crippen LogP contribution in [0.1, 0.15) is 5.56 Å². The largest absolute Gasteiger partial charge is 0.361 e. The molecule has 0 saturated heterocycles. The average molecular weight is 492 g/mol. The first-order valence-electron chi connectivity index (χ1n) is 9.40. The molecule has 0 aliphatic heterocycles. The number of aromatic nitrogens is 3. The first-order valence-corrected chi connectivity index (χ1v) is 11.1. The van der Waals surface area contributed by atoms with Gasteiger partial charge in [0, 0.05) is 44.3 Å². The zero-order chi connectivity index (χ0) is 21.2. The lowest BCUT2D eigenvalue weighted by molar-refractivity contribution is 0.629. The van der Waals surface area contributed by atoms with Crippen molar-refractivity contribution < 1.29 is 4.39 Å². The molecule has 3 heterocycles. The van der Waals surface area contributed by atoms with Crippen molar-refractivity contribution >= 4 is 50.1 Å². The Morgan fingerprint density at radius 3 is 2.87 bits per heavy atom. The van der Waals surface area contributed by atoms with Gasteiger partial charge in [0.2, 0.25) is 4.80 Å². The Morgan fingerprint density at radius 1 is 1.13 bits per heavy atom. The Kier molecular flexibility index (Phi) is 5.31. The first-order chi connectivity index (χ1) is 15.2. The number of nitrogens with one attached hydrogen (secondary N) is 1. The van der Waals surface area contributed by atoms with Crippen molar-refractivity contribution in [3.8, 4) is 11.3 Å². The molecule has 0 atom stereocenters. The highest BCUT2D eigenvalue weighted by atomic mass is 79.9. The van der Waals surface area contributed by atoms with E-state index in [0.29, 0.717) is 21.7 Å². The number of thiazole rings is 1. The van der Waals surface area contributed by atoms with Crippen LogP contribution in [0, 0.1) is 5.82 Å². The van der Waals surface area contributed by atoms with Crippen molar-refractivity contribution in [2.75, 3.05) is 0 Å². The zero-order valence-corrected chi connectivity index (χ0v) is 18.4. The molecule has 0 unspecified atom stereocenters. The van der Waals surface area contributed by atoms with E-state index in [1.165, 1.54) is 17.4 Å². The summed E-state index contributed by atoms with van der Waals surface area (Å²) < 4.78 is 17.2. The van der Waals surface area contributed by atoms with Gasteiger partial charge < -0.3 is 4.98 Å². The summed E-state index contributed by atoms with van der Waals surface area (Å²) in [5, 5.41) is 7.58. The zero-order valence-electron chi connectivity index (χ0n) is 16.0. The molecule has 5 aromatic rings. The van der Waals surface area contributed by atoms with E-state index >= 15 is 0 Å². The molecule has 0 radical (unpaired) electrons. The Hall–Kier alpha value is -3.36. The van der Waals surface area contributed by atoms with Gasteiger partial charge in [-0.2, -0.15) is 5.10 Å². The van der Waals surface area contributed by atoms with Gasteiger partial charge in [-0.05, 0) is 42.5 Å². The normalized spacial score (nSPS) is 12.3. The molecule has 0 amide bonds. The van der Waals surface area contributed by atoms with Crippen LogP contribution in [0.25, 0.3) is 22.2 Å². The predicted molar refractivity (Wildman–Crippen MR) is 126 cm³/mol. The average Bonchev–Trinajstić information content (AvgIpc) is 3.37. The minimum Gasteiger partial charge on any atom is -0.361 e. The molecular weight excluding hydrogens is 477 g/mol. The molecule has 3 aromatic heterocycles. The fourth-order valence-corrected chi connectivity index (χ4v) is 4.42. The van der Waals surface area contributed by atoms with E-state index in [0.717, 1.165) is 20.9 Å². The molecule has 31 heavy (non-hydrogen) atoms. The SMILES string of the molecule is Fc1ccccc1-c1csc(=Nc2cccnc2)n1N=Cc1c[nH]c2ccc(Br)cc12. The van der Waals surface area contributed by atoms with Crippen LogP contribution >= 0.6 is 27.3 Å². The summed E-state index contributed by atoms with van der Waals surface area (Å²) in [4.78, 5) is 12.6. The van der Waals surface area contributed by atoms with Crippen LogP contribution in [0.5, 0.6) is 0 Å². The third-order valence-electron chi connectivity index (χ3n) is 4.69. The Labute approximate surface area is 189 Å². The summed E-state index contributed by atoms with van der Waals surface area (Å²) in [5.74, 6) is -0.312. The maximum absolute atomic E-state index is 14.5. The lowest BCUT2D eigenvalue weighted by Gasteiger charge is -2.04. The Morgan fingerprint density at radius 2 is 2.03 bits per heavy atom. The monoisotopic (exact) mass is 491 g/mol. The summed E-state index contributed by atoms with van der Waals surface area (Å²) in [6.45, 7) is 0. The molecule has 0 aliphatic carbocycles. The molecule has 8 heteroatoms. The molecule has 5 nitrogen and oxygen atoms in total. The lowest BCUT2D eigenvalue weighted by atomic mass is 10.1. The van der Waals surface area contributed by atoms with Crippen molar-refractivity contribution in [1.29, 1.82) is 0 Å². The fraction of sp³-hybridized carbons (Fsp3) is 0. The summed E-state index contributed by atoms with van der Waals surface area (Å²) in [6.07, 6.45) is 7.02. The van der Waals surface area contributed by atoms with Gasteiger partial charge >= 0.3 is 0 Å². The van der Waals surface area contributed by atoms with E-state index in [9.17, 15) is 4.39 Å². The quantitative estimate of drug-likeness (QED) is 0.303.